The van der Waals surface area contributed by atoms with Crippen molar-refractivity contribution in [3.05, 3.63) is 35.4 Å². The fourth-order valence-electron chi connectivity index (χ4n) is 2.19. The van der Waals surface area contributed by atoms with Gasteiger partial charge in [0.1, 0.15) is 0 Å². The van der Waals surface area contributed by atoms with Crippen LogP contribution in [0.15, 0.2) is 24.3 Å². The van der Waals surface area contributed by atoms with Crippen LogP contribution in [0, 0.1) is 5.92 Å². The van der Waals surface area contributed by atoms with E-state index in [4.69, 9.17) is 4.84 Å². The van der Waals surface area contributed by atoms with Crippen molar-refractivity contribution in [2.75, 3.05) is 6.54 Å². The summed E-state index contributed by atoms with van der Waals surface area (Å²) < 4.78 is 0. The predicted octanol–water partition coefficient (Wildman–Crippen LogP) is -0.123. The van der Waals surface area contributed by atoms with E-state index in [1.54, 1.807) is 12.1 Å². The van der Waals surface area contributed by atoms with Gasteiger partial charge in [-0.3, -0.25) is 14.4 Å². The standard InChI is InChI=1S/C13H10N2O5/c16-10-5-7(6-14-10)13(19)20-15-11(17)8-3-1-2-4-9(8)12(15)18/h1-4,7H,5-6H2,(H,14,16). The Bertz CT molecular complexity index is 604. The smallest absolute Gasteiger partial charge is 0.338 e. The number of rotatable bonds is 2. The van der Waals surface area contributed by atoms with Crippen LogP contribution in [-0.2, 0) is 14.4 Å². The van der Waals surface area contributed by atoms with E-state index in [1.807, 2.05) is 0 Å². The van der Waals surface area contributed by atoms with Gasteiger partial charge in [0.05, 0.1) is 17.0 Å². The Hall–Kier alpha value is -2.70. The maximum absolute atomic E-state index is 12.0. The van der Waals surface area contributed by atoms with E-state index in [1.165, 1.54) is 12.1 Å². The van der Waals surface area contributed by atoms with Gasteiger partial charge in [0.15, 0.2) is 0 Å². The molecular weight excluding hydrogens is 264 g/mol. The Morgan fingerprint density at radius 2 is 1.75 bits per heavy atom. The Balaban J connectivity index is 1.77. The molecule has 0 aliphatic carbocycles. The molecule has 1 unspecified atom stereocenters. The fourth-order valence-corrected chi connectivity index (χ4v) is 2.19. The van der Waals surface area contributed by atoms with Crippen LogP contribution in [0.2, 0.25) is 0 Å². The molecule has 3 rings (SSSR count). The highest BCUT2D eigenvalue weighted by molar-refractivity contribution is 6.20. The summed E-state index contributed by atoms with van der Waals surface area (Å²) in [7, 11) is 0. The number of hydrogen-bond acceptors (Lipinski definition) is 5. The summed E-state index contributed by atoms with van der Waals surface area (Å²) in [5.74, 6) is -3.04. The van der Waals surface area contributed by atoms with Gasteiger partial charge in [-0.1, -0.05) is 17.2 Å². The minimum Gasteiger partial charge on any atom is -0.355 e. The van der Waals surface area contributed by atoms with Crippen molar-refractivity contribution in [1.29, 1.82) is 0 Å². The van der Waals surface area contributed by atoms with Crippen LogP contribution in [0.4, 0.5) is 0 Å². The van der Waals surface area contributed by atoms with Gasteiger partial charge >= 0.3 is 5.97 Å². The normalized spacial score (nSPS) is 20.9. The maximum Gasteiger partial charge on any atom is 0.338 e. The van der Waals surface area contributed by atoms with Gasteiger partial charge in [0.25, 0.3) is 11.8 Å². The van der Waals surface area contributed by atoms with E-state index < -0.39 is 23.7 Å². The molecule has 7 heteroatoms. The van der Waals surface area contributed by atoms with E-state index in [0.29, 0.717) is 5.06 Å². The number of nitrogens with one attached hydrogen (secondary N) is 1. The van der Waals surface area contributed by atoms with Crippen molar-refractivity contribution in [1.82, 2.24) is 10.4 Å². The number of imide groups is 1. The van der Waals surface area contributed by atoms with Gasteiger partial charge in [-0.15, -0.1) is 0 Å². The van der Waals surface area contributed by atoms with Crippen LogP contribution < -0.4 is 5.32 Å². The molecule has 0 saturated carbocycles. The summed E-state index contributed by atoms with van der Waals surface area (Å²) in [6.45, 7) is 0.154. The molecule has 0 bridgehead atoms. The summed E-state index contributed by atoms with van der Waals surface area (Å²) in [6, 6.07) is 6.22. The molecule has 1 fully saturated rings. The van der Waals surface area contributed by atoms with Gasteiger partial charge in [0, 0.05) is 13.0 Å². The number of carbonyl (C=O) groups is 4. The molecule has 0 radical (unpaired) electrons. The molecular formula is C13H10N2O5. The van der Waals surface area contributed by atoms with E-state index in [9.17, 15) is 19.2 Å². The average molecular weight is 274 g/mol. The highest BCUT2D eigenvalue weighted by Gasteiger charge is 2.40. The van der Waals surface area contributed by atoms with Crippen LogP contribution in [0.5, 0.6) is 0 Å². The minimum absolute atomic E-state index is 0.00199. The first-order valence-electron chi connectivity index (χ1n) is 6.04. The van der Waals surface area contributed by atoms with Gasteiger partial charge in [0.2, 0.25) is 5.91 Å². The van der Waals surface area contributed by atoms with E-state index in [2.05, 4.69) is 5.32 Å². The summed E-state index contributed by atoms with van der Waals surface area (Å²) in [4.78, 5) is 51.7. The van der Waals surface area contributed by atoms with Crippen molar-refractivity contribution in [3.8, 4) is 0 Å². The molecule has 0 aromatic heterocycles. The van der Waals surface area contributed by atoms with E-state index in [0.717, 1.165) is 0 Å². The molecule has 2 heterocycles. The number of nitrogens with zero attached hydrogens (tertiary/aromatic N) is 1. The lowest BCUT2D eigenvalue weighted by atomic mass is 10.1. The lowest BCUT2D eigenvalue weighted by molar-refractivity contribution is -0.173. The maximum atomic E-state index is 12.0. The van der Waals surface area contributed by atoms with Crippen molar-refractivity contribution in [2.45, 2.75) is 6.42 Å². The summed E-state index contributed by atoms with van der Waals surface area (Å²) in [5, 5.41) is 2.94. The Morgan fingerprint density at radius 3 is 2.25 bits per heavy atom. The van der Waals surface area contributed by atoms with Crippen molar-refractivity contribution in [3.63, 3.8) is 0 Å². The second-order valence-electron chi connectivity index (χ2n) is 4.57. The van der Waals surface area contributed by atoms with Crippen LogP contribution in [0.25, 0.3) is 0 Å². The highest BCUT2D eigenvalue weighted by Crippen LogP contribution is 2.23. The Labute approximate surface area is 113 Å². The number of amides is 3. The zero-order chi connectivity index (χ0) is 14.3. The monoisotopic (exact) mass is 274 g/mol. The van der Waals surface area contributed by atoms with Crippen molar-refractivity contribution < 1.29 is 24.0 Å². The highest BCUT2D eigenvalue weighted by atomic mass is 16.7. The van der Waals surface area contributed by atoms with Crippen LogP contribution >= 0.6 is 0 Å². The lowest BCUT2D eigenvalue weighted by Gasteiger charge is -2.14. The molecule has 1 aromatic carbocycles. The molecule has 2 aliphatic heterocycles. The van der Waals surface area contributed by atoms with Crippen LogP contribution in [0.3, 0.4) is 0 Å². The predicted molar refractivity (Wildman–Crippen MR) is 64.2 cm³/mol. The van der Waals surface area contributed by atoms with E-state index >= 15 is 0 Å². The average Bonchev–Trinajstić information content (AvgIpc) is 2.98. The lowest BCUT2D eigenvalue weighted by Crippen LogP contribution is -2.35. The molecule has 102 valence electrons. The molecule has 2 aliphatic rings. The third kappa shape index (κ3) is 1.83. The molecule has 1 atom stereocenters. The summed E-state index contributed by atoms with van der Waals surface area (Å²) in [5.41, 5.74) is 0.400. The molecule has 1 N–H and O–H groups in total. The largest absolute Gasteiger partial charge is 0.355 e. The first-order chi connectivity index (χ1) is 9.58. The molecule has 7 nitrogen and oxygen atoms in total. The van der Waals surface area contributed by atoms with Crippen molar-refractivity contribution >= 4 is 23.7 Å². The summed E-state index contributed by atoms with van der Waals surface area (Å²) >= 11 is 0. The van der Waals surface area contributed by atoms with Crippen LogP contribution in [0.1, 0.15) is 27.1 Å². The SMILES string of the molecule is O=C1CC(C(=O)ON2C(=O)c3ccccc3C2=O)CN1. The third-order valence-corrected chi connectivity index (χ3v) is 3.25. The molecule has 0 spiro atoms. The number of fused-ring (bicyclic) bond motifs is 1. The number of carbonyl (C=O) groups excluding carboxylic acids is 4. The van der Waals surface area contributed by atoms with Crippen molar-refractivity contribution in [2.24, 2.45) is 5.92 Å². The topological polar surface area (TPSA) is 92.8 Å². The zero-order valence-corrected chi connectivity index (χ0v) is 10.3. The second-order valence-corrected chi connectivity index (χ2v) is 4.57. The number of benzene rings is 1. The van der Waals surface area contributed by atoms with Gasteiger partial charge in [-0.05, 0) is 12.1 Å². The summed E-state index contributed by atoms with van der Waals surface area (Å²) in [6.07, 6.45) is 0.00199. The molecule has 1 aromatic rings. The zero-order valence-electron chi connectivity index (χ0n) is 10.3. The van der Waals surface area contributed by atoms with Gasteiger partial charge in [-0.25, -0.2) is 4.79 Å². The van der Waals surface area contributed by atoms with Crippen LogP contribution in [-0.4, -0.2) is 35.3 Å². The quantitative estimate of drug-likeness (QED) is 0.759. The Morgan fingerprint density at radius 1 is 1.15 bits per heavy atom. The first-order valence-corrected chi connectivity index (χ1v) is 6.04. The number of hydrogen-bond donors (Lipinski definition) is 1. The fraction of sp³-hybridized carbons (Fsp3) is 0.231. The first kappa shape index (κ1) is 12.3. The van der Waals surface area contributed by atoms with Gasteiger partial charge in [-0.2, -0.15) is 0 Å². The third-order valence-electron chi connectivity index (χ3n) is 3.25. The van der Waals surface area contributed by atoms with Gasteiger partial charge < -0.3 is 10.2 Å². The molecule has 3 amide bonds. The Kier molecular flexibility index (Phi) is 2.74. The minimum atomic E-state index is -0.766. The second kappa shape index (κ2) is 4.44. The molecule has 20 heavy (non-hydrogen) atoms. The van der Waals surface area contributed by atoms with E-state index in [-0.39, 0.29) is 30.0 Å². The number of hydroxylamine groups is 2. The molecule has 1 saturated heterocycles.